The summed E-state index contributed by atoms with van der Waals surface area (Å²) in [6, 6.07) is 0.0139. The number of carbonyl (C=O) groups excluding carboxylic acids is 1. The van der Waals surface area contributed by atoms with E-state index in [1.54, 1.807) is 21.1 Å². The molecule has 0 aromatic rings. The lowest BCUT2D eigenvalue weighted by Gasteiger charge is -2.01. The summed E-state index contributed by atoms with van der Waals surface area (Å²) in [4.78, 5) is 14.6. The SMILES string of the molecule is C/C=C(\C)OC.C/C=C\N=C(C)C(C)=C(C)C.CN[C@@H](C)C(C)=O. The number of ether oxygens (including phenoxy) is 1. The molecule has 0 amide bonds. The van der Waals surface area contributed by atoms with Crippen LogP contribution in [0.1, 0.15) is 62.3 Å². The smallest absolute Gasteiger partial charge is 0.146 e. The summed E-state index contributed by atoms with van der Waals surface area (Å²) in [5.74, 6) is 1.15. The fourth-order valence-electron chi connectivity index (χ4n) is 0.966. The van der Waals surface area contributed by atoms with Crippen molar-refractivity contribution in [2.24, 2.45) is 4.99 Å². The van der Waals surface area contributed by atoms with E-state index in [1.807, 2.05) is 53.0 Å². The number of rotatable bonds is 5. The van der Waals surface area contributed by atoms with E-state index < -0.39 is 0 Å². The van der Waals surface area contributed by atoms with Gasteiger partial charge in [-0.2, -0.15) is 0 Å². The molecule has 1 N–H and O–H groups in total. The minimum atomic E-state index is 0.0139. The van der Waals surface area contributed by atoms with Crippen molar-refractivity contribution >= 4 is 11.5 Å². The van der Waals surface area contributed by atoms with Crippen LogP contribution in [0.3, 0.4) is 0 Å². The number of ketones is 1. The minimum Gasteiger partial charge on any atom is -0.502 e. The lowest BCUT2D eigenvalue weighted by molar-refractivity contribution is -0.118. The number of methoxy groups -OCH3 is 1. The van der Waals surface area contributed by atoms with Gasteiger partial charge in [0.25, 0.3) is 0 Å². The first-order valence-electron chi connectivity index (χ1n) is 8.23. The number of nitrogens with zero attached hydrogens (tertiary/aromatic N) is 1. The Labute approximate surface area is 149 Å². The molecule has 0 bridgehead atoms. The van der Waals surface area contributed by atoms with Gasteiger partial charge >= 0.3 is 0 Å². The Bertz CT molecular complexity index is 454. The molecule has 0 aromatic heterocycles. The van der Waals surface area contributed by atoms with Crippen LogP contribution in [0.4, 0.5) is 0 Å². The highest BCUT2D eigenvalue weighted by molar-refractivity contribution is 5.98. The third-order valence-electron chi connectivity index (χ3n) is 3.48. The zero-order chi connectivity index (χ0) is 19.7. The molecule has 24 heavy (non-hydrogen) atoms. The molecule has 0 aliphatic heterocycles. The Hall–Kier alpha value is -1.68. The van der Waals surface area contributed by atoms with Crippen molar-refractivity contribution in [1.29, 1.82) is 0 Å². The quantitative estimate of drug-likeness (QED) is 0.562. The summed E-state index contributed by atoms with van der Waals surface area (Å²) < 4.78 is 4.76. The molecule has 0 aliphatic carbocycles. The number of nitrogens with one attached hydrogen (secondary N) is 1. The van der Waals surface area contributed by atoms with Crippen molar-refractivity contribution in [1.82, 2.24) is 5.32 Å². The topological polar surface area (TPSA) is 50.7 Å². The number of aliphatic imine (C=N–C) groups is 1. The monoisotopic (exact) mass is 338 g/mol. The maximum Gasteiger partial charge on any atom is 0.146 e. The molecule has 0 saturated heterocycles. The summed E-state index contributed by atoms with van der Waals surface area (Å²) in [6.07, 6.45) is 5.67. The summed E-state index contributed by atoms with van der Waals surface area (Å²) in [5, 5.41) is 2.81. The van der Waals surface area contributed by atoms with Crippen LogP contribution in [-0.4, -0.2) is 31.7 Å². The van der Waals surface area contributed by atoms with Crippen molar-refractivity contribution < 1.29 is 9.53 Å². The van der Waals surface area contributed by atoms with Gasteiger partial charge in [0.05, 0.1) is 18.9 Å². The lowest BCUT2D eigenvalue weighted by atomic mass is 10.1. The maximum absolute atomic E-state index is 10.3. The standard InChI is InChI=1S/C10H17N.C5H11NO.C5H10O/c1-6-7-11-10(5)9(4)8(2)3;1-4(6-3)5(2)7;1-4-5(2)6-3/h6-7H,1-5H3;4,6H,1-3H3;4H,1-3H3/b7-6-,11-10?;;5-4+/t;4-;/m.0./s1. The second-order valence-electron chi connectivity index (χ2n) is 5.55. The summed E-state index contributed by atoms with van der Waals surface area (Å²) in [5.41, 5.74) is 3.71. The predicted octanol–water partition coefficient (Wildman–Crippen LogP) is 5.08. The van der Waals surface area contributed by atoms with Crippen LogP contribution in [0.2, 0.25) is 0 Å². The Morgan fingerprint density at radius 3 is 1.75 bits per heavy atom. The van der Waals surface area contributed by atoms with E-state index in [1.165, 1.54) is 11.1 Å². The van der Waals surface area contributed by atoms with Gasteiger partial charge in [0.2, 0.25) is 0 Å². The van der Waals surface area contributed by atoms with Crippen LogP contribution in [0.5, 0.6) is 0 Å². The van der Waals surface area contributed by atoms with E-state index in [0.717, 1.165) is 11.5 Å². The first-order valence-corrected chi connectivity index (χ1v) is 8.23. The van der Waals surface area contributed by atoms with Crippen LogP contribution in [-0.2, 0) is 9.53 Å². The molecule has 0 radical (unpaired) electrons. The number of carbonyl (C=O) groups is 1. The zero-order valence-corrected chi connectivity index (χ0v) is 17.6. The van der Waals surface area contributed by atoms with Gasteiger partial charge in [-0.15, -0.1) is 0 Å². The van der Waals surface area contributed by atoms with Gasteiger partial charge in [0, 0.05) is 11.9 Å². The van der Waals surface area contributed by atoms with Gasteiger partial charge in [-0.1, -0.05) is 17.7 Å². The maximum atomic E-state index is 10.3. The largest absolute Gasteiger partial charge is 0.502 e. The molecule has 4 heteroatoms. The normalized spacial score (nSPS) is 12.5. The molecule has 0 heterocycles. The Kier molecular flexibility index (Phi) is 20.0. The van der Waals surface area contributed by atoms with E-state index in [4.69, 9.17) is 4.74 Å². The van der Waals surface area contributed by atoms with Gasteiger partial charge in [0.1, 0.15) is 5.78 Å². The van der Waals surface area contributed by atoms with Crippen molar-refractivity contribution in [3.8, 4) is 0 Å². The molecule has 0 saturated carbocycles. The highest BCUT2D eigenvalue weighted by Crippen LogP contribution is 2.04. The van der Waals surface area contributed by atoms with E-state index in [-0.39, 0.29) is 11.8 Å². The van der Waals surface area contributed by atoms with Crippen LogP contribution >= 0.6 is 0 Å². The predicted molar refractivity (Wildman–Crippen MR) is 108 cm³/mol. The van der Waals surface area contributed by atoms with E-state index in [9.17, 15) is 4.79 Å². The van der Waals surface area contributed by atoms with Gasteiger partial charge in [-0.3, -0.25) is 9.79 Å². The molecule has 1 atom stereocenters. The fourth-order valence-corrected chi connectivity index (χ4v) is 0.966. The molecule has 0 aliphatic rings. The molecule has 140 valence electrons. The molecule has 0 spiro atoms. The molecule has 0 rings (SSSR count). The summed E-state index contributed by atoms with van der Waals surface area (Å²) in [6.45, 7) is 17.6. The number of likely N-dealkylation sites (N-methyl/N-ethyl adjacent to an activating group) is 1. The van der Waals surface area contributed by atoms with Crippen LogP contribution in [0.15, 0.2) is 40.2 Å². The van der Waals surface area contributed by atoms with E-state index in [0.29, 0.717) is 0 Å². The number of Topliss-reactive ketones (excluding diaryl/α,β-unsaturated/α-hetero) is 1. The molecule has 0 fully saturated rings. The third kappa shape index (κ3) is 18.4. The second-order valence-corrected chi connectivity index (χ2v) is 5.55. The van der Waals surface area contributed by atoms with E-state index >= 15 is 0 Å². The lowest BCUT2D eigenvalue weighted by Crippen LogP contribution is -2.28. The molecule has 0 aromatic carbocycles. The van der Waals surface area contributed by atoms with E-state index in [2.05, 4.69) is 31.1 Å². The number of hydrogen-bond acceptors (Lipinski definition) is 4. The average Bonchev–Trinajstić information content (AvgIpc) is 2.58. The Morgan fingerprint density at radius 1 is 1.08 bits per heavy atom. The zero-order valence-electron chi connectivity index (χ0n) is 17.6. The van der Waals surface area contributed by atoms with Crippen molar-refractivity contribution in [2.45, 2.75) is 68.4 Å². The molecule has 0 unspecified atom stereocenters. The first-order chi connectivity index (χ1) is 11.1. The van der Waals surface area contributed by atoms with Crippen LogP contribution < -0.4 is 5.32 Å². The average molecular weight is 339 g/mol. The fraction of sp³-hybridized carbons (Fsp3) is 0.600. The molecular weight excluding hydrogens is 300 g/mol. The Balaban J connectivity index is -0.000000294. The van der Waals surface area contributed by atoms with Gasteiger partial charge in [-0.25, -0.2) is 0 Å². The molecule has 4 nitrogen and oxygen atoms in total. The van der Waals surface area contributed by atoms with Crippen LogP contribution in [0.25, 0.3) is 0 Å². The second kappa shape index (κ2) is 17.7. The van der Waals surface area contributed by atoms with Crippen molar-refractivity contribution in [2.75, 3.05) is 14.2 Å². The van der Waals surface area contributed by atoms with Crippen molar-refractivity contribution in [3.05, 3.63) is 35.3 Å². The van der Waals surface area contributed by atoms with Crippen molar-refractivity contribution in [3.63, 3.8) is 0 Å². The first kappa shape index (κ1) is 27.2. The van der Waals surface area contributed by atoms with Gasteiger partial charge in [0.15, 0.2) is 0 Å². The van der Waals surface area contributed by atoms with Gasteiger partial charge < -0.3 is 10.1 Å². The third-order valence-corrected chi connectivity index (χ3v) is 3.48. The minimum absolute atomic E-state index is 0.0139. The summed E-state index contributed by atoms with van der Waals surface area (Å²) >= 11 is 0. The van der Waals surface area contributed by atoms with Gasteiger partial charge in [-0.05, 0) is 74.9 Å². The summed E-state index contributed by atoms with van der Waals surface area (Å²) in [7, 11) is 3.43. The highest BCUT2D eigenvalue weighted by atomic mass is 16.5. The number of hydrogen-bond donors (Lipinski definition) is 1. The molecular formula is C20H38N2O2. The number of allylic oxidation sites excluding steroid dienone is 5. The highest BCUT2D eigenvalue weighted by Gasteiger charge is 2.00. The Morgan fingerprint density at radius 2 is 1.58 bits per heavy atom. The van der Waals surface area contributed by atoms with Crippen LogP contribution in [0, 0.1) is 0 Å².